The fourth-order valence-electron chi connectivity index (χ4n) is 0.413. The lowest BCUT2D eigenvalue weighted by Crippen LogP contribution is -2.35. The maximum atomic E-state index is 11.7. The first-order valence-corrected chi connectivity index (χ1v) is 3.39. The van der Waals surface area contributed by atoms with Crippen LogP contribution in [0.4, 0.5) is 18.0 Å². The standard InChI is InChI=1S/C6H10F3NO2/c1-3-10-5(11)12-4(2)6(7,8)9/h4H,3H2,1-2H3,(H,10,11). The summed E-state index contributed by atoms with van der Waals surface area (Å²) in [6.45, 7) is 2.60. The van der Waals surface area contributed by atoms with E-state index in [2.05, 4.69) is 10.1 Å². The van der Waals surface area contributed by atoms with Gasteiger partial charge in [-0.05, 0) is 13.8 Å². The number of alkyl carbamates (subject to hydrolysis) is 1. The maximum Gasteiger partial charge on any atom is 0.425 e. The molecule has 72 valence electrons. The largest absolute Gasteiger partial charge is 0.437 e. The van der Waals surface area contributed by atoms with Crippen LogP contribution < -0.4 is 5.32 Å². The molecule has 1 atom stereocenters. The van der Waals surface area contributed by atoms with Crippen molar-refractivity contribution in [2.75, 3.05) is 6.54 Å². The molecule has 6 heteroatoms. The molecule has 1 amide bonds. The van der Waals surface area contributed by atoms with Crippen molar-refractivity contribution < 1.29 is 22.7 Å². The Hall–Kier alpha value is -0.940. The van der Waals surface area contributed by atoms with Crippen LogP contribution in [0.5, 0.6) is 0 Å². The fourth-order valence-corrected chi connectivity index (χ4v) is 0.413. The van der Waals surface area contributed by atoms with E-state index in [1.54, 1.807) is 6.92 Å². The maximum absolute atomic E-state index is 11.7. The van der Waals surface area contributed by atoms with E-state index in [9.17, 15) is 18.0 Å². The van der Waals surface area contributed by atoms with Gasteiger partial charge in [0, 0.05) is 6.54 Å². The van der Waals surface area contributed by atoms with Gasteiger partial charge >= 0.3 is 12.3 Å². The van der Waals surface area contributed by atoms with Gasteiger partial charge in [-0.15, -0.1) is 0 Å². The van der Waals surface area contributed by atoms with Crippen LogP contribution in [0.2, 0.25) is 0 Å². The molecule has 0 aromatic heterocycles. The normalized spacial score (nSPS) is 13.8. The van der Waals surface area contributed by atoms with Gasteiger partial charge in [-0.25, -0.2) is 4.79 Å². The van der Waals surface area contributed by atoms with Crippen LogP contribution in [0.1, 0.15) is 13.8 Å². The highest BCUT2D eigenvalue weighted by atomic mass is 19.4. The summed E-state index contributed by atoms with van der Waals surface area (Å²) in [7, 11) is 0. The molecular formula is C6H10F3NO2. The topological polar surface area (TPSA) is 38.3 Å². The summed E-state index contributed by atoms with van der Waals surface area (Å²) < 4.78 is 39.2. The predicted octanol–water partition coefficient (Wildman–Crippen LogP) is 1.68. The van der Waals surface area contributed by atoms with Gasteiger partial charge in [-0.2, -0.15) is 13.2 Å². The van der Waals surface area contributed by atoms with Crippen LogP contribution in [0.15, 0.2) is 0 Å². The monoisotopic (exact) mass is 185 g/mol. The Balaban J connectivity index is 3.84. The summed E-state index contributed by atoms with van der Waals surface area (Å²) in [4.78, 5) is 10.5. The molecule has 0 spiro atoms. The van der Waals surface area contributed by atoms with E-state index in [0.29, 0.717) is 0 Å². The van der Waals surface area contributed by atoms with E-state index in [4.69, 9.17) is 0 Å². The van der Waals surface area contributed by atoms with Crippen LogP contribution in [-0.2, 0) is 4.74 Å². The summed E-state index contributed by atoms with van der Waals surface area (Å²) in [5, 5.41) is 2.09. The van der Waals surface area contributed by atoms with Crippen molar-refractivity contribution in [3.8, 4) is 0 Å². The number of hydrogen-bond donors (Lipinski definition) is 1. The Labute approximate surface area is 67.9 Å². The van der Waals surface area contributed by atoms with Gasteiger partial charge < -0.3 is 10.1 Å². The Morgan fingerprint density at radius 3 is 2.42 bits per heavy atom. The Morgan fingerprint density at radius 1 is 1.58 bits per heavy atom. The number of ether oxygens (including phenoxy) is 1. The van der Waals surface area contributed by atoms with Crippen LogP contribution >= 0.6 is 0 Å². The number of carbonyl (C=O) groups is 1. The fraction of sp³-hybridized carbons (Fsp3) is 0.833. The molecule has 0 bridgehead atoms. The quantitative estimate of drug-likeness (QED) is 0.710. The van der Waals surface area contributed by atoms with E-state index in [1.807, 2.05) is 0 Å². The van der Waals surface area contributed by atoms with Crippen molar-refractivity contribution in [3.63, 3.8) is 0 Å². The molecule has 1 unspecified atom stereocenters. The average molecular weight is 185 g/mol. The molecule has 0 aliphatic rings. The minimum atomic E-state index is -4.49. The highest BCUT2D eigenvalue weighted by Gasteiger charge is 2.39. The Morgan fingerprint density at radius 2 is 2.08 bits per heavy atom. The molecule has 0 rings (SSSR count). The zero-order valence-corrected chi connectivity index (χ0v) is 6.73. The van der Waals surface area contributed by atoms with Crippen LogP contribution in [-0.4, -0.2) is 24.9 Å². The lowest BCUT2D eigenvalue weighted by Gasteiger charge is -2.15. The van der Waals surface area contributed by atoms with Crippen molar-refractivity contribution in [2.45, 2.75) is 26.1 Å². The first-order chi connectivity index (χ1) is 5.38. The number of carbonyl (C=O) groups excluding carboxylic acids is 1. The molecule has 0 saturated heterocycles. The molecule has 0 aliphatic carbocycles. The Kier molecular flexibility index (Phi) is 3.85. The van der Waals surface area contributed by atoms with Crippen LogP contribution in [0.3, 0.4) is 0 Å². The van der Waals surface area contributed by atoms with Gasteiger partial charge in [0.25, 0.3) is 0 Å². The van der Waals surface area contributed by atoms with Crippen molar-refractivity contribution in [1.82, 2.24) is 5.32 Å². The van der Waals surface area contributed by atoms with Gasteiger partial charge in [0.05, 0.1) is 0 Å². The lowest BCUT2D eigenvalue weighted by molar-refractivity contribution is -0.197. The van der Waals surface area contributed by atoms with E-state index in [-0.39, 0.29) is 6.54 Å². The van der Waals surface area contributed by atoms with Gasteiger partial charge in [-0.3, -0.25) is 0 Å². The zero-order valence-electron chi connectivity index (χ0n) is 6.73. The first-order valence-electron chi connectivity index (χ1n) is 3.39. The smallest absolute Gasteiger partial charge is 0.425 e. The predicted molar refractivity (Wildman–Crippen MR) is 35.7 cm³/mol. The lowest BCUT2D eigenvalue weighted by atomic mass is 10.4. The summed E-state index contributed by atoms with van der Waals surface area (Å²) in [6, 6.07) is 0. The van der Waals surface area contributed by atoms with E-state index >= 15 is 0 Å². The second kappa shape index (κ2) is 4.18. The summed E-state index contributed by atoms with van der Waals surface area (Å²) in [5.41, 5.74) is 0. The molecule has 0 heterocycles. The van der Waals surface area contributed by atoms with Gasteiger partial charge in [0.2, 0.25) is 0 Å². The Bertz CT molecular complexity index is 157. The molecule has 0 radical (unpaired) electrons. The van der Waals surface area contributed by atoms with Crippen molar-refractivity contribution in [3.05, 3.63) is 0 Å². The third-order valence-corrected chi connectivity index (χ3v) is 1.07. The van der Waals surface area contributed by atoms with Crippen molar-refractivity contribution >= 4 is 6.09 Å². The molecule has 12 heavy (non-hydrogen) atoms. The second-order valence-electron chi connectivity index (χ2n) is 2.12. The van der Waals surface area contributed by atoms with Crippen LogP contribution in [0, 0.1) is 0 Å². The highest BCUT2D eigenvalue weighted by Crippen LogP contribution is 2.22. The first kappa shape index (κ1) is 11.1. The van der Waals surface area contributed by atoms with Crippen molar-refractivity contribution in [1.29, 1.82) is 0 Å². The van der Waals surface area contributed by atoms with E-state index < -0.39 is 18.4 Å². The molecule has 0 aromatic rings. The minimum Gasteiger partial charge on any atom is -0.437 e. The third-order valence-electron chi connectivity index (χ3n) is 1.07. The third kappa shape index (κ3) is 4.05. The number of nitrogens with one attached hydrogen (secondary N) is 1. The zero-order chi connectivity index (χ0) is 9.78. The SMILES string of the molecule is CCNC(=O)OC(C)C(F)(F)F. The number of amides is 1. The number of hydrogen-bond acceptors (Lipinski definition) is 2. The number of halogens is 3. The summed E-state index contributed by atoms with van der Waals surface area (Å²) in [6.07, 6.45) is -7.61. The van der Waals surface area contributed by atoms with Crippen LogP contribution in [0.25, 0.3) is 0 Å². The number of alkyl halides is 3. The highest BCUT2D eigenvalue weighted by molar-refractivity contribution is 5.67. The van der Waals surface area contributed by atoms with Gasteiger partial charge in [-0.1, -0.05) is 0 Å². The summed E-state index contributed by atoms with van der Waals surface area (Å²) in [5.74, 6) is 0. The molecule has 3 nitrogen and oxygen atoms in total. The molecule has 0 aliphatic heterocycles. The molecule has 0 aromatic carbocycles. The van der Waals surface area contributed by atoms with Crippen molar-refractivity contribution in [2.24, 2.45) is 0 Å². The summed E-state index contributed by atoms with van der Waals surface area (Å²) >= 11 is 0. The van der Waals surface area contributed by atoms with E-state index in [0.717, 1.165) is 6.92 Å². The van der Waals surface area contributed by atoms with E-state index in [1.165, 1.54) is 0 Å². The molecule has 1 N–H and O–H groups in total. The second-order valence-corrected chi connectivity index (χ2v) is 2.12. The molecule has 0 fully saturated rings. The average Bonchev–Trinajstić information content (AvgIpc) is 1.85. The van der Waals surface area contributed by atoms with Gasteiger partial charge in [0.15, 0.2) is 6.10 Å². The van der Waals surface area contributed by atoms with Gasteiger partial charge in [0.1, 0.15) is 0 Å². The number of rotatable bonds is 2. The minimum absolute atomic E-state index is 0.239. The molecule has 0 saturated carbocycles. The molecular weight excluding hydrogens is 175 g/mol.